The molecule has 0 aliphatic heterocycles. The molecule has 6 heteroatoms. The van der Waals surface area contributed by atoms with Gasteiger partial charge < -0.3 is 4.42 Å². The predicted octanol–water partition coefficient (Wildman–Crippen LogP) is 2.62. The number of aromatic amines is 1. The first-order valence-corrected chi connectivity index (χ1v) is 8.32. The molecule has 6 nitrogen and oxygen atoms in total. The smallest absolute Gasteiger partial charge is 0.416 e. The third-order valence-electron chi connectivity index (χ3n) is 4.25. The van der Waals surface area contributed by atoms with Crippen molar-refractivity contribution in [1.82, 2.24) is 19.9 Å². The van der Waals surface area contributed by atoms with Crippen LogP contribution in [0.3, 0.4) is 0 Å². The Hall–Kier alpha value is -2.73. The van der Waals surface area contributed by atoms with Gasteiger partial charge in [0.15, 0.2) is 0 Å². The van der Waals surface area contributed by atoms with Crippen LogP contribution in [0.2, 0.25) is 0 Å². The Balaban J connectivity index is 1.76. The molecule has 0 aliphatic rings. The fourth-order valence-electron chi connectivity index (χ4n) is 2.72. The van der Waals surface area contributed by atoms with Gasteiger partial charge in [-0.05, 0) is 37.1 Å². The van der Waals surface area contributed by atoms with Crippen LogP contribution in [-0.2, 0) is 19.5 Å². The number of hydrogen-bond donors (Lipinski definition) is 1. The van der Waals surface area contributed by atoms with Gasteiger partial charge in [-0.25, -0.2) is 4.79 Å². The summed E-state index contributed by atoms with van der Waals surface area (Å²) in [7, 11) is 0. The van der Waals surface area contributed by atoms with Crippen LogP contribution < -0.4 is 5.76 Å². The van der Waals surface area contributed by atoms with Crippen molar-refractivity contribution in [3.05, 3.63) is 81.7 Å². The quantitative estimate of drug-likeness (QED) is 0.717. The van der Waals surface area contributed by atoms with Gasteiger partial charge in [0, 0.05) is 38.4 Å². The van der Waals surface area contributed by atoms with E-state index in [-0.39, 0.29) is 0 Å². The topological polar surface area (TPSA) is 75.0 Å². The normalized spacial score (nSPS) is 11.2. The molecular formula is C19H22N4O2. The minimum absolute atomic E-state index is 0.414. The molecule has 3 aromatic heterocycles. The fourth-order valence-corrected chi connectivity index (χ4v) is 2.72. The van der Waals surface area contributed by atoms with E-state index < -0.39 is 5.76 Å². The zero-order chi connectivity index (χ0) is 17.6. The summed E-state index contributed by atoms with van der Waals surface area (Å²) in [6.07, 6.45) is 5.82. The van der Waals surface area contributed by atoms with Gasteiger partial charge in [-0.3, -0.25) is 19.9 Å². The van der Waals surface area contributed by atoms with Crippen molar-refractivity contribution >= 4 is 0 Å². The van der Waals surface area contributed by atoms with Crippen molar-refractivity contribution in [3.8, 4) is 0 Å². The van der Waals surface area contributed by atoms with E-state index in [1.54, 1.807) is 0 Å². The lowest BCUT2D eigenvalue weighted by Gasteiger charge is -2.22. The molecule has 0 fully saturated rings. The molecule has 0 aliphatic carbocycles. The van der Waals surface area contributed by atoms with Crippen LogP contribution in [0.25, 0.3) is 0 Å². The molecule has 1 N–H and O–H groups in total. The first-order chi connectivity index (χ1) is 12.1. The van der Waals surface area contributed by atoms with Gasteiger partial charge in [-0.2, -0.15) is 0 Å². The van der Waals surface area contributed by atoms with Crippen LogP contribution in [0.1, 0.15) is 28.2 Å². The largest absolute Gasteiger partial charge is 0.416 e. The molecule has 3 rings (SSSR count). The monoisotopic (exact) mass is 338 g/mol. The van der Waals surface area contributed by atoms with Crippen LogP contribution in [0.4, 0.5) is 0 Å². The molecule has 0 saturated heterocycles. The molecule has 130 valence electrons. The second kappa shape index (κ2) is 7.90. The van der Waals surface area contributed by atoms with Crippen molar-refractivity contribution < 1.29 is 4.42 Å². The zero-order valence-corrected chi connectivity index (χ0v) is 14.5. The van der Waals surface area contributed by atoms with E-state index in [0.29, 0.717) is 6.42 Å². The van der Waals surface area contributed by atoms with E-state index in [9.17, 15) is 4.79 Å². The first kappa shape index (κ1) is 17.1. The van der Waals surface area contributed by atoms with Crippen molar-refractivity contribution in [2.24, 2.45) is 0 Å². The van der Waals surface area contributed by atoms with Crippen molar-refractivity contribution in [3.63, 3.8) is 0 Å². The SMILES string of the molecule is Cc1cccnc1CN(CCc1coc(=O)[nH]1)Cc1ncccc1C. The van der Waals surface area contributed by atoms with E-state index in [0.717, 1.165) is 36.7 Å². The van der Waals surface area contributed by atoms with Gasteiger partial charge in [-0.15, -0.1) is 0 Å². The maximum Gasteiger partial charge on any atom is 0.416 e. The number of H-pyrrole nitrogens is 1. The standard InChI is InChI=1S/C19H22N4O2/c1-14-5-3-8-20-17(14)11-23(10-7-16-13-25-19(24)22-16)12-18-15(2)6-4-9-21-18/h3-6,8-9,13H,7,10-12H2,1-2H3,(H,22,24). The van der Waals surface area contributed by atoms with E-state index in [1.165, 1.54) is 17.4 Å². The highest BCUT2D eigenvalue weighted by Crippen LogP contribution is 2.13. The minimum Gasteiger partial charge on any atom is -0.416 e. The van der Waals surface area contributed by atoms with Gasteiger partial charge in [0.1, 0.15) is 6.26 Å². The third-order valence-corrected chi connectivity index (χ3v) is 4.25. The number of hydrogen-bond acceptors (Lipinski definition) is 5. The van der Waals surface area contributed by atoms with Crippen molar-refractivity contribution in [1.29, 1.82) is 0 Å². The molecule has 25 heavy (non-hydrogen) atoms. The Morgan fingerprint density at radius 2 is 1.64 bits per heavy atom. The van der Waals surface area contributed by atoms with Crippen LogP contribution in [0, 0.1) is 13.8 Å². The Labute approximate surface area is 146 Å². The fraction of sp³-hybridized carbons (Fsp3) is 0.316. The summed E-state index contributed by atoms with van der Waals surface area (Å²) in [5.41, 5.74) is 5.24. The molecule has 0 amide bonds. The highest BCUT2D eigenvalue weighted by molar-refractivity contribution is 5.19. The number of aryl methyl sites for hydroxylation is 2. The highest BCUT2D eigenvalue weighted by Gasteiger charge is 2.12. The van der Waals surface area contributed by atoms with Crippen LogP contribution in [0.5, 0.6) is 0 Å². The first-order valence-electron chi connectivity index (χ1n) is 8.32. The van der Waals surface area contributed by atoms with Gasteiger partial charge in [0.2, 0.25) is 0 Å². The summed E-state index contributed by atoms with van der Waals surface area (Å²) in [4.78, 5) is 25.1. The molecular weight excluding hydrogens is 316 g/mol. The molecule has 0 saturated carbocycles. The van der Waals surface area contributed by atoms with Crippen LogP contribution >= 0.6 is 0 Å². The lowest BCUT2D eigenvalue weighted by molar-refractivity contribution is 0.252. The third kappa shape index (κ3) is 4.64. The number of rotatable bonds is 7. The van der Waals surface area contributed by atoms with Gasteiger partial charge in [-0.1, -0.05) is 12.1 Å². The maximum atomic E-state index is 11.2. The van der Waals surface area contributed by atoms with Crippen molar-refractivity contribution in [2.45, 2.75) is 33.4 Å². The Morgan fingerprint density at radius 3 is 2.12 bits per heavy atom. The number of pyridine rings is 2. The van der Waals surface area contributed by atoms with E-state index in [1.807, 2.05) is 24.5 Å². The summed E-state index contributed by atoms with van der Waals surface area (Å²) in [5, 5.41) is 0. The molecule has 0 spiro atoms. The molecule has 0 atom stereocenters. The average molecular weight is 338 g/mol. The van der Waals surface area contributed by atoms with E-state index in [2.05, 4.69) is 45.8 Å². The van der Waals surface area contributed by atoms with Crippen LogP contribution in [-0.4, -0.2) is 26.4 Å². The zero-order valence-electron chi connectivity index (χ0n) is 14.5. The number of oxazole rings is 1. The van der Waals surface area contributed by atoms with E-state index >= 15 is 0 Å². The van der Waals surface area contributed by atoms with Gasteiger partial charge in [0.25, 0.3) is 0 Å². The van der Waals surface area contributed by atoms with Gasteiger partial charge in [0.05, 0.1) is 17.1 Å². The van der Waals surface area contributed by atoms with Gasteiger partial charge >= 0.3 is 5.76 Å². The predicted molar refractivity (Wildman–Crippen MR) is 95.1 cm³/mol. The summed E-state index contributed by atoms with van der Waals surface area (Å²) in [6.45, 7) is 6.36. The molecule has 0 bridgehead atoms. The van der Waals surface area contributed by atoms with Crippen LogP contribution in [0.15, 0.2) is 52.1 Å². The number of nitrogens with zero attached hydrogens (tertiary/aromatic N) is 3. The second-order valence-electron chi connectivity index (χ2n) is 6.17. The summed E-state index contributed by atoms with van der Waals surface area (Å²) >= 11 is 0. The number of nitrogens with one attached hydrogen (secondary N) is 1. The molecule has 3 heterocycles. The molecule has 0 unspecified atom stereocenters. The summed E-state index contributed by atoms with van der Waals surface area (Å²) in [6, 6.07) is 8.03. The lowest BCUT2D eigenvalue weighted by atomic mass is 10.1. The lowest BCUT2D eigenvalue weighted by Crippen LogP contribution is -2.27. The maximum absolute atomic E-state index is 11.2. The Bertz CT molecular complexity index is 837. The Kier molecular flexibility index (Phi) is 5.40. The Morgan fingerprint density at radius 1 is 1.04 bits per heavy atom. The van der Waals surface area contributed by atoms with E-state index in [4.69, 9.17) is 4.42 Å². The summed E-state index contributed by atoms with van der Waals surface area (Å²) in [5.74, 6) is -0.414. The summed E-state index contributed by atoms with van der Waals surface area (Å²) < 4.78 is 4.82. The minimum atomic E-state index is -0.414. The highest BCUT2D eigenvalue weighted by atomic mass is 16.4. The molecule has 3 aromatic rings. The molecule has 0 aromatic carbocycles. The average Bonchev–Trinajstić information content (AvgIpc) is 3.02. The van der Waals surface area contributed by atoms with Crippen molar-refractivity contribution in [2.75, 3.05) is 6.54 Å². The second-order valence-corrected chi connectivity index (χ2v) is 6.17. The molecule has 0 radical (unpaired) electrons. The number of aromatic nitrogens is 3.